The molecule has 2 aromatic heterocycles. The summed E-state index contributed by atoms with van der Waals surface area (Å²) >= 11 is 0. The van der Waals surface area contributed by atoms with Crippen molar-refractivity contribution >= 4 is 27.5 Å². The van der Waals surface area contributed by atoms with Gasteiger partial charge in [0.05, 0.1) is 16.5 Å². The summed E-state index contributed by atoms with van der Waals surface area (Å²) in [6, 6.07) is 8.08. The maximum atomic E-state index is 16.5. The lowest BCUT2D eigenvalue weighted by Crippen LogP contribution is -2.43. The monoisotopic (exact) mass is 573 g/mol. The van der Waals surface area contributed by atoms with Gasteiger partial charge in [-0.05, 0) is 37.3 Å². The quantitative estimate of drug-likeness (QED) is 0.330. The van der Waals surface area contributed by atoms with Crippen molar-refractivity contribution in [1.82, 2.24) is 19.9 Å². The molecule has 3 aliphatic heterocycles. The minimum absolute atomic E-state index is 0.00203. The molecule has 3 saturated heterocycles. The first-order valence-corrected chi connectivity index (χ1v) is 14.3. The van der Waals surface area contributed by atoms with E-state index in [1.165, 1.54) is 12.3 Å². The van der Waals surface area contributed by atoms with Crippen molar-refractivity contribution in [3.8, 4) is 29.6 Å². The van der Waals surface area contributed by atoms with Crippen LogP contribution in [0.4, 0.5) is 19.0 Å². The standard InChI is InChI=1S/C32H30F3N5O2/c1-2-22-25(34)8-7-20-5-3-6-23(26(20)22)28-27(35)29-24(14-36-28)30(39-12-9-19(15-39)17-41)38-31(37-29)42-18-32-10-4-11-40(32)16-21(33)13-32/h1,3,5-8,14,19,21,41H,4,9-13,15-18H2/t19-,21+,32-/m0/s1. The first-order valence-electron chi connectivity index (χ1n) is 14.3. The maximum Gasteiger partial charge on any atom is 0.319 e. The minimum atomic E-state index is -0.911. The number of nitrogens with zero attached hydrogens (tertiary/aromatic N) is 5. The predicted molar refractivity (Wildman–Crippen MR) is 154 cm³/mol. The van der Waals surface area contributed by atoms with E-state index in [-0.39, 0.29) is 41.9 Å². The van der Waals surface area contributed by atoms with Crippen molar-refractivity contribution in [3.05, 3.63) is 53.7 Å². The zero-order chi connectivity index (χ0) is 29.0. The van der Waals surface area contributed by atoms with Crippen LogP contribution in [0.2, 0.25) is 0 Å². The lowest BCUT2D eigenvalue weighted by Gasteiger charge is -2.31. The molecule has 0 amide bonds. The Morgan fingerprint density at radius 2 is 2.02 bits per heavy atom. The molecular formula is C32H30F3N5O2. The number of fused-ring (bicyclic) bond motifs is 3. The van der Waals surface area contributed by atoms with E-state index in [4.69, 9.17) is 16.1 Å². The van der Waals surface area contributed by atoms with Crippen LogP contribution in [-0.4, -0.2) is 76.1 Å². The summed E-state index contributed by atoms with van der Waals surface area (Å²) in [5.74, 6) is 1.66. The second-order valence-electron chi connectivity index (χ2n) is 11.6. The molecule has 3 atom stereocenters. The Kier molecular flexibility index (Phi) is 6.67. The summed E-state index contributed by atoms with van der Waals surface area (Å²) in [5, 5.41) is 11.2. The van der Waals surface area contributed by atoms with Crippen LogP contribution in [0.3, 0.4) is 0 Å². The van der Waals surface area contributed by atoms with Crippen molar-refractivity contribution in [2.45, 2.75) is 37.4 Å². The van der Waals surface area contributed by atoms with Gasteiger partial charge in [-0.1, -0.05) is 30.2 Å². The second-order valence-corrected chi connectivity index (χ2v) is 11.6. The molecule has 1 N–H and O–H groups in total. The fourth-order valence-electron chi connectivity index (χ4n) is 7.03. The number of anilines is 1. The summed E-state index contributed by atoms with van der Waals surface area (Å²) in [6.45, 7) is 2.61. The Labute approximate surface area is 241 Å². The number of aliphatic hydroxyl groups is 1. The SMILES string of the molecule is C#Cc1c(F)ccc2cccc(-c3ncc4c(N5CC[C@H](CO)C5)nc(OC[C@@]56CCCN5C[C@H](F)C6)nc4c3F)c12. The summed E-state index contributed by atoms with van der Waals surface area (Å²) in [7, 11) is 0. The summed E-state index contributed by atoms with van der Waals surface area (Å²) < 4.78 is 51.8. The van der Waals surface area contributed by atoms with Crippen LogP contribution in [0.1, 0.15) is 31.2 Å². The van der Waals surface area contributed by atoms with Gasteiger partial charge >= 0.3 is 6.01 Å². The summed E-state index contributed by atoms with van der Waals surface area (Å²) in [4.78, 5) is 17.8. The highest BCUT2D eigenvalue weighted by atomic mass is 19.1. The van der Waals surface area contributed by atoms with Crippen molar-refractivity contribution in [3.63, 3.8) is 0 Å². The predicted octanol–water partition coefficient (Wildman–Crippen LogP) is 4.88. The van der Waals surface area contributed by atoms with Gasteiger partial charge in [-0.25, -0.2) is 13.2 Å². The molecule has 0 unspecified atom stereocenters. The van der Waals surface area contributed by atoms with E-state index in [2.05, 4.69) is 20.8 Å². The first kappa shape index (κ1) is 26.9. The number of aliphatic hydroxyl groups excluding tert-OH is 1. The molecule has 0 saturated carbocycles. The van der Waals surface area contributed by atoms with Crippen LogP contribution < -0.4 is 9.64 Å². The van der Waals surface area contributed by atoms with Gasteiger partial charge in [0.1, 0.15) is 35.6 Å². The molecule has 2 aromatic carbocycles. The third-order valence-corrected chi connectivity index (χ3v) is 9.11. The van der Waals surface area contributed by atoms with E-state index in [1.54, 1.807) is 24.3 Å². The number of benzene rings is 2. The second kappa shape index (κ2) is 10.4. The third-order valence-electron chi connectivity index (χ3n) is 9.11. The van der Waals surface area contributed by atoms with Gasteiger partial charge in [-0.2, -0.15) is 9.97 Å². The Bertz CT molecular complexity index is 1740. The molecule has 10 heteroatoms. The van der Waals surface area contributed by atoms with Crippen LogP contribution in [0.5, 0.6) is 6.01 Å². The summed E-state index contributed by atoms with van der Waals surface area (Å²) in [6.07, 6.45) is 9.20. The maximum absolute atomic E-state index is 16.5. The van der Waals surface area contributed by atoms with Gasteiger partial charge < -0.3 is 14.7 Å². The molecular weight excluding hydrogens is 543 g/mol. The molecule has 42 heavy (non-hydrogen) atoms. The lowest BCUT2D eigenvalue weighted by molar-refractivity contribution is 0.107. The van der Waals surface area contributed by atoms with Crippen molar-refractivity contribution in [2.24, 2.45) is 5.92 Å². The van der Waals surface area contributed by atoms with E-state index in [1.807, 2.05) is 4.90 Å². The van der Waals surface area contributed by atoms with Crippen molar-refractivity contribution < 1.29 is 23.0 Å². The normalized spacial score (nSPS) is 24.0. The van der Waals surface area contributed by atoms with Gasteiger partial charge in [-0.3, -0.25) is 9.88 Å². The smallest absolute Gasteiger partial charge is 0.319 e. The number of halogens is 3. The molecule has 0 spiro atoms. The van der Waals surface area contributed by atoms with Crippen molar-refractivity contribution in [2.75, 3.05) is 44.3 Å². The fraction of sp³-hybridized carbons (Fsp3) is 0.406. The Morgan fingerprint density at radius 3 is 2.83 bits per heavy atom. The average molecular weight is 574 g/mol. The van der Waals surface area contributed by atoms with E-state index < -0.39 is 23.3 Å². The zero-order valence-electron chi connectivity index (χ0n) is 23.0. The average Bonchev–Trinajstić information content (AvgIpc) is 3.70. The molecule has 4 aromatic rings. The number of pyridine rings is 1. The van der Waals surface area contributed by atoms with E-state index >= 15 is 4.39 Å². The van der Waals surface area contributed by atoms with Gasteiger partial charge in [-0.15, -0.1) is 6.42 Å². The first-order chi connectivity index (χ1) is 20.4. The highest BCUT2D eigenvalue weighted by Crippen LogP contribution is 2.41. The Hall–Kier alpha value is -3.94. The molecule has 0 aliphatic carbocycles. The molecule has 5 heterocycles. The van der Waals surface area contributed by atoms with Crippen LogP contribution in [0.25, 0.3) is 32.9 Å². The molecule has 7 rings (SSSR count). The molecule has 0 radical (unpaired) electrons. The molecule has 7 nitrogen and oxygen atoms in total. The summed E-state index contributed by atoms with van der Waals surface area (Å²) in [5.41, 5.74) is -0.0413. The third kappa shape index (κ3) is 4.34. The number of aromatic nitrogens is 3. The molecule has 216 valence electrons. The number of alkyl halides is 1. The van der Waals surface area contributed by atoms with Crippen LogP contribution >= 0.6 is 0 Å². The van der Waals surface area contributed by atoms with E-state index in [9.17, 15) is 13.9 Å². The number of terminal acetylenes is 1. The van der Waals surface area contributed by atoms with Crippen LogP contribution in [-0.2, 0) is 0 Å². The van der Waals surface area contributed by atoms with Crippen LogP contribution in [0, 0.1) is 29.9 Å². The van der Waals surface area contributed by atoms with E-state index in [0.29, 0.717) is 53.6 Å². The molecule has 3 aliphatic rings. The minimum Gasteiger partial charge on any atom is -0.461 e. The van der Waals surface area contributed by atoms with Crippen molar-refractivity contribution in [1.29, 1.82) is 0 Å². The topological polar surface area (TPSA) is 74.6 Å². The lowest BCUT2D eigenvalue weighted by atomic mass is 9.95. The largest absolute Gasteiger partial charge is 0.461 e. The molecule has 0 bridgehead atoms. The van der Waals surface area contributed by atoms with Crippen LogP contribution in [0.15, 0.2) is 36.5 Å². The number of hydrogen-bond donors (Lipinski definition) is 1. The number of hydrogen-bond acceptors (Lipinski definition) is 7. The Balaban J connectivity index is 1.36. The van der Waals surface area contributed by atoms with Gasteiger partial charge in [0.15, 0.2) is 5.82 Å². The fourth-order valence-corrected chi connectivity index (χ4v) is 7.03. The number of rotatable bonds is 6. The Morgan fingerprint density at radius 1 is 1.14 bits per heavy atom. The van der Waals surface area contributed by atoms with Gasteiger partial charge in [0, 0.05) is 55.7 Å². The highest BCUT2D eigenvalue weighted by Gasteiger charge is 2.49. The number of ether oxygens (including phenoxy) is 1. The zero-order valence-corrected chi connectivity index (χ0v) is 23.0. The van der Waals surface area contributed by atoms with Gasteiger partial charge in [0.25, 0.3) is 0 Å². The van der Waals surface area contributed by atoms with E-state index in [0.717, 1.165) is 25.8 Å². The van der Waals surface area contributed by atoms with Gasteiger partial charge in [0.2, 0.25) is 0 Å². The molecule has 3 fully saturated rings. The highest BCUT2D eigenvalue weighted by molar-refractivity contribution is 6.02.